The van der Waals surface area contributed by atoms with E-state index in [-0.39, 0.29) is 0 Å². The summed E-state index contributed by atoms with van der Waals surface area (Å²) in [5.41, 5.74) is 0. The maximum absolute atomic E-state index is 2.31. The van der Waals surface area contributed by atoms with Crippen molar-refractivity contribution in [1.82, 2.24) is 0 Å². The maximum atomic E-state index is 2.31. The van der Waals surface area contributed by atoms with E-state index < -0.39 is 0 Å². The van der Waals surface area contributed by atoms with Gasteiger partial charge >= 0.3 is 0 Å². The summed E-state index contributed by atoms with van der Waals surface area (Å²) in [6, 6.07) is 0. The lowest BCUT2D eigenvalue weighted by molar-refractivity contribution is 0.637. The minimum Gasteiger partial charge on any atom is -0.0845 e. The molecule has 0 N–H and O–H groups in total. The quantitative estimate of drug-likeness (QED) is 0.295. The number of rotatable bonds is 11. The fraction of sp³-hybridized carbons (Fsp3) is 0.750. The predicted molar refractivity (Wildman–Crippen MR) is 75.8 cm³/mol. The second kappa shape index (κ2) is 14.5. The summed E-state index contributed by atoms with van der Waals surface area (Å²) in [4.78, 5) is 0. The molecule has 0 aromatic rings. The van der Waals surface area contributed by atoms with E-state index in [9.17, 15) is 0 Å². The van der Waals surface area contributed by atoms with Gasteiger partial charge in [0.2, 0.25) is 0 Å². The summed E-state index contributed by atoms with van der Waals surface area (Å²) in [7, 11) is 0. The van der Waals surface area contributed by atoms with E-state index in [1.165, 1.54) is 64.2 Å². The highest BCUT2D eigenvalue weighted by atomic mass is 13.9. The number of hydrogen-bond donors (Lipinski definition) is 0. The third kappa shape index (κ3) is 13.5. The smallest absolute Gasteiger partial charge is 0.0348 e. The summed E-state index contributed by atoms with van der Waals surface area (Å²) in [6.45, 7) is 4.52. The summed E-state index contributed by atoms with van der Waals surface area (Å²) in [5.74, 6) is 0. The molecular weight excluding hydrogens is 192 g/mol. The monoisotopic (exact) mass is 222 g/mol. The Hall–Kier alpha value is -0.520. The van der Waals surface area contributed by atoms with Gasteiger partial charge in [-0.15, -0.1) is 0 Å². The molecule has 0 amide bonds. The largest absolute Gasteiger partial charge is 0.0845 e. The van der Waals surface area contributed by atoms with Gasteiger partial charge in [0.1, 0.15) is 0 Å². The van der Waals surface area contributed by atoms with Gasteiger partial charge < -0.3 is 0 Å². The fourth-order valence-corrected chi connectivity index (χ4v) is 1.73. The second-order valence-corrected chi connectivity index (χ2v) is 4.55. The molecule has 0 aromatic carbocycles. The highest BCUT2D eigenvalue weighted by Crippen LogP contribution is 2.05. The lowest BCUT2D eigenvalue weighted by Crippen LogP contribution is -1.75. The molecule has 0 heterocycles. The van der Waals surface area contributed by atoms with Crippen LogP contribution in [0.4, 0.5) is 0 Å². The molecule has 0 fully saturated rings. The Labute approximate surface area is 103 Å². The van der Waals surface area contributed by atoms with Crippen LogP contribution in [0, 0.1) is 0 Å². The van der Waals surface area contributed by atoms with E-state index in [4.69, 9.17) is 0 Å². The molecule has 0 saturated heterocycles. The Morgan fingerprint density at radius 1 is 0.562 bits per heavy atom. The summed E-state index contributed by atoms with van der Waals surface area (Å²) in [6.07, 6.45) is 22.5. The van der Waals surface area contributed by atoms with Crippen LogP contribution in [-0.4, -0.2) is 0 Å². The summed E-state index contributed by atoms with van der Waals surface area (Å²) < 4.78 is 0. The molecule has 0 rings (SSSR count). The van der Waals surface area contributed by atoms with Crippen LogP contribution in [0.15, 0.2) is 24.3 Å². The molecule has 0 radical (unpaired) electrons. The maximum Gasteiger partial charge on any atom is -0.0348 e. The minimum absolute atomic E-state index is 1.24. The van der Waals surface area contributed by atoms with Gasteiger partial charge in [-0.3, -0.25) is 0 Å². The molecule has 0 aromatic heterocycles. The van der Waals surface area contributed by atoms with Gasteiger partial charge in [0, 0.05) is 0 Å². The first-order chi connectivity index (χ1) is 7.91. The van der Waals surface area contributed by atoms with Crippen LogP contribution in [-0.2, 0) is 0 Å². The molecular formula is C16H30. The third-order valence-corrected chi connectivity index (χ3v) is 2.83. The first kappa shape index (κ1) is 15.5. The van der Waals surface area contributed by atoms with Crippen LogP contribution < -0.4 is 0 Å². The number of unbranched alkanes of at least 4 members (excludes halogenated alkanes) is 8. The van der Waals surface area contributed by atoms with Gasteiger partial charge in [0.05, 0.1) is 0 Å². The van der Waals surface area contributed by atoms with E-state index in [0.717, 1.165) is 0 Å². The van der Waals surface area contributed by atoms with Crippen molar-refractivity contribution in [2.75, 3.05) is 0 Å². The van der Waals surface area contributed by atoms with Crippen LogP contribution in [0.25, 0.3) is 0 Å². The van der Waals surface area contributed by atoms with E-state index in [1.807, 2.05) is 0 Å². The number of allylic oxidation sites excluding steroid dienone is 4. The molecule has 0 bridgehead atoms. The average Bonchev–Trinajstić information content (AvgIpc) is 2.31. The molecule has 0 spiro atoms. The summed E-state index contributed by atoms with van der Waals surface area (Å²) in [5, 5.41) is 0. The molecule has 94 valence electrons. The Morgan fingerprint density at radius 2 is 1.00 bits per heavy atom. The zero-order chi connectivity index (χ0) is 11.9. The Morgan fingerprint density at radius 3 is 1.56 bits per heavy atom. The molecule has 0 aliphatic heterocycles. The first-order valence-corrected chi connectivity index (χ1v) is 7.23. The van der Waals surface area contributed by atoms with Crippen LogP contribution in [0.1, 0.15) is 78.1 Å². The zero-order valence-corrected chi connectivity index (χ0v) is 11.4. The average molecular weight is 222 g/mol. The highest BCUT2D eigenvalue weighted by molar-refractivity contribution is 5.02. The van der Waals surface area contributed by atoms with Gasteiger partial charge in [-0.2, -0.15) is 0 Å². The molecule has 0 aliphatic carbocycles. The molecule has 0 heteroatoms. The Kier molecular flexibility index (Phi) is 14.0. The number of hydrogen-bond acceptors (Lipinski definition) is 0. The SMILES string of the molecule is CCCCCC=C/C=C\CCCCCCC. The lowest BCUT2D eigenvalue weighted by Gasteiger charge is -1.95. The van der Waals surface area contributed by atoms with Gasteiger partial charge in [0.25, 0.3) is 0 Å². The van der Waals surface area contributed by atoms with Crippen molar-refractivity contribution in [2.45, 2.75) is 78.1 Å². The molecule has 0 atom stereocenters. The van der Waals surface area contributed by atoms with Crippen LogP contribution in [0.3, 0.4) is 0 Å². The normalized spacial score (nSPS) is 11.9. The van der Waals surface area contributed by atoms with E-state index in [0.29, 0.717) is 0 Å². The van der Waals surface area contributed by atoms with Gasteiger partial charge in [-0.05, 0) is 25.7 Å². The van der Waals surface area contributed by atoms with Crippen LogP contribution >= 0.6 is 0 Å². The topological polar surface area (TPSA) is 0 Å². The Balaban J connectivity index is 3.14. The van der Waals surface area contributed by atoms with Crippen molar-refractivity contribution in [3.8, 4) is 0 Å². The van der Waals surface area contributed by atoms with Crippen LogP contribution in [0.5, 0.6) is 0 Å². The van der Waals surface area contributed by atoms with E-state index in [2.05, 4.69) is 38.2 Å². The molecule has 16 heavy (non-hydrogen) atoms. The minimum atomic E-state index is 1.24. The van der Waals surface area contributed by atoms with Crippen molar-refractivity contribution in [2.24, 2.45) is 0 Å². The zero-order valence-electron chi connectivity index (χ0n) is 11.4. The fourth-order valence-electron chi connectivity index (χ4n) is 1.73. The molecule has 0 aliphatic rings. The standard InChI is InChI=1S/C16H30/c1-3-5-7-9-11-13-15-16-14-12-10-8-6-4-2/h11,13,15-16H,3-10,12,14H2,1-2H3/b13-11?,16-15-. The highest BCUT2D eigenvalue weighted by Gasteiger charge is 1.85. The van der Waals surface area contributed by atoms with Crippen molar-refractivity contribution >= 4 is 0 Å². The van der Waals surface area contributed by atoms with Crippen molar-refractivity contribution < 1.29 is 0 Å². The van der Waals surface area contributed by atoms with E-state index >= 15 is 0 Å². The van der Waals surface area contributed by atoms with Gasteiger partial charge in [-0.1, -0.05) is 76.7 Å². The van der Waals surface area contributed by atoms with Crippen molar-refractivity contribution in [1.29, 1.82) is 0 Å². The van der Waals surface area contributed by atoms with Crippen molar-refractivity contribution in [3.05, 3.63) is 24.3 Å². The van der Waals surface area contributed by atoms with Gasteiger partial charge in [0.15, 0.2) is 0 Å². The van der Waals surface area contributed by atoms with Gasteiger partial charge in [-0.25, -0.2) is 0 Å². The lowest BCUT2D eigenvalue weighted by atomic mass is 10.1. The third-order valence-electron chi connectivity index (χ3n) is 2.83. The van der Waals surface area contributed by atoms with E-state index in [1.54, 1.807) is 0 Å². The molecule has 0 nitrogen and oxygen atoms in total. The van der Waals surface area contributed by atoms with Crippen molar-refractivity contribution in [3.63, 3.8) is 0 Å². The summed E-state index contributed by atoms with van der Waals surface area (Å²) >= 11 is 0. The Bertz CT molecular complexity index is 165. The van der Waals surface area contributed by atoms with Crippen LogP contribution in [0.2, 0.25) is 0 Å². The molecule has 0 unspecified atom stereocenters. The first-order valence-electron chi connectivity index (χ1n) is 7.23. The molecule has 0 saturated carbocycles. The predicted octanol–water partition coefficient (Wildman–Crippen LogP) is 6.04. The second-order valence-electron chi connectivity index (χ2n) is 4.55.